The molecule has 0 aromatic carbocycles. The molecular formula is C8H13FO4. The van der Waals surface area contributed by atoms with Gasteiger partial charge in [-0.05, 0) is 6.92 Å². The van der Waals surface area contributed by atoms with Gasteiger partial charge in [0.1, 0.15) is 11.4 Å². The first kappa shape index (κ1) is 12.1. The SMILES string of the molecule is COC(=O)/C(=C(/C)F)C(OC)OC. The lowest BCUT2D eigenvalue weighted by Gasteiger charge is -2.15. The van der Waals surface area contributed by atoms with Gasteiger partial charge < -0.3 is 14.2 Å². The lowest BCUT2D eigenvalue weighted by molar-refractivity contribution is -0.143. The molecule has 0 aliphatic heterocycles. The van der Waals surface area contributed by atoms with Gasteiger partial charge in [0.2, 0.25) is 0 Å². The fourth-order valence-corrected chi connectivity index (χ4v) is 0.841. The van der Waals surface area contributed by atoms with Crippen molar-refractivity contribution < 1.29 is 23.4 Å². The van der Waals surface area contributed by atoms with Crippen LogP contribution in [0.2, 0.25) is 0 Å². The topological polar surface area (TPSA) is 44.8 Å². The lowest BCUT2D eigenvalue weighted by atomic mass is 10.2. The van der Waals surface area contributed by atoms with Crippen LogP contribution in [-0.2, 0) is 19.0 Å². The van der Waals surface area contributed by atoms with Crippen LogP contribution in [0.5, 0.6) is 0 Å². The van der Waals surface area contributed by atoms with Crippen molar-refractivity contribution in [3.8, 4) is 0 Å². The summed E-state index contributed by atoms with van der Waals surface area (Å²) in [6, 6.07) is 0. The molecule has 0 N–H and O–H groups in total. The highest BCUT2D eigenvalue weighted by Crippen LogP contribution is 2.15. The largest absolute Gasteiger partial charge is 0.465 e. The second-order valence-electron chi connectivity index (χ2n) is 2.24. The van der Waals surface area contributed by atoms with Crippen molar-refractivity contribution in [2.75, 3.05) is 21.3 Å². The summed E-state index contributed by atoms with van der Waals surface area (Å²) in [5, 5.41) is 0. The zero-order valence-electron chi connectivity index (χ0n) is 8.09. The van der Waals surface area contributed by atoms with E-state index < -0.39 is 18.1 Å². The predicted octanol–water partition coefficient (Wildman–Crippen LogP) is 1.02. The minimum atomic E-state index is -1.03. The highest BCUT2D eigenvalue weighted by molar-refractivity contribution is 5.89. The number of carbonyl (C=O) groups is 1. The molecule has 0 aliphatic carbocycles. The highest BCUT2D eigenvalue weighted by Gasteiger charge is 2.24. The Morgan fingerprint density at radius 2 is 1.69 bits per heavy atom. The van der Waals surface area contributed by atoms with Gasteiger partial charge in [-0.25, -0.2) is 9.18 Å². The number of carbonyl (C=O) groups excluding carboxylic acids is 1. The number of halogens is 1. The third kappa shape index (κ3) is 3.12. The number of esters is 1. The van der Waals surface area contributed by atoms with E-state index in [1.54, 1.807) is 0 Å². The minimum absolute atomic E-state index is 0.257. The summed E-state index contributed by atoms with van der Waals surface area (Å²) in [6.07, 6.45) is -1.03. The average molecular weight is 192 g/mol. The van der Waals surface area contributed by atoms with Crippen molar-refractivity contribution in [3.05, 3.63) is 11.4 Å². The first-order valence-corrected chi connectivity index (χ1v) is 3.58. The number of ether oxygens (including phenoxy) is 3. The summed E-state index contributed by atoms with van der Waals surface area (Å²) in [5.74, 6) is -1.48. The molecule has 0 amide bonds. The Labute approximate surface area is 76.3 Å². The van der Waals surface area contributed by atoms with E-state index in [1.807, 2.05) is 0 Å². The molecule has 0 bridgehead atoms. The van der Waals surface area contributed by atoms with Gasteiger partial charge in [0.15, 0.2) is 6.29 Å². The fraction of sp³-hybridized carbons (Fsp3) is 0.625. The standard InChI is InChI=1S/C8H13FO4/c1-5(9)6(7(10)11-2)8(12-3)13-4/h8H,1-4H3/b6-5+. The molecule has 76 valence electrons. The molecule has 0 fully saturated rings. The van der Waals surface area contributed by atoms with Crippen LogP contribution < -0.4 is 0 Å². The molecule has 0 saturated heterocycles. The molecule has 0 radical (unpaired) electrons. The Kier molecular flexibility index (Phi) is 5.25. The van der Waals surface area contributed by atoms with E-state index in [2.05, 4.69) is 4.74 Å². The number of hydrogen-bond donors (Lipinski definition) is 0. The summed E-state index contributed by atoms with van der Waals surface area (Å²) in [4.78, 5) is 11.0. The monoisotopic (exact) mass is 192 g/mol. The number of rotatable bonds is 4. The Bertz CT molecular complexity index is 204. The Morgan fingerprint density at radius 1 is 1.23 bits per heavy atom. The minimum Gasteiger partial charge on any atom is -0.465 e. The summed E-state index contributed by atoms with van der Waals surface area (Å²) in [5.41, 5.74) is -0.257. The number of hydrogen-bond acceptors (Lipinski definition) is 4. The van der Waals surface area contributed by atoms with Gasteiger partial charge in [0.25, 0.3) is 0 Å². The fourth-order valence-electron chi connectivity index (χ4n) is 0.841. The first-order valence-electron chi connectivity index (χ1n) is 3.58. The van der Waals surface area contributed by atoms with Crippen LogP contribution in [0, 0.1) is 0 Å². The Morgan fingerprint density at radius 3 is 1.92 bits per heavy atom. The summed E-state index contributed by atoms with van der Waals surface area (Å²) in [7, 11) is 3.77. The van der Waals surface area contributed by atoms with Crippen LogP contribution in [0.3, 0.4) is 0 Å². The molecule has 0 unspecified atom stereocenters. The van der Waals surface area contributed by atoms with Gasteiger partial charge in [-0.1, -0.05) is 0 Å². The van der Waals surface area contributed by atoms with Gasteiger partial charge in [-0.15, -0.1) is 0 Å². The molecule has 0 spiro atoms. The summed E-state index contributed by atoms with van der Waals surface area (Å²) >= 11 is 0. The molecule has 13 heavy (non-hydrogen) atoms. The molecule has 5 heteroatoms. The molecular weight excluding hydrogens is 179 g/mol. The third-order valence-electron chi connectivity index (χ3n) is 1.44. The molecule has 0 rings (SSSR count). The van der Waals surface area contributed by atoms with Gasteiger partial charge in [-0.2, -0.15) is 0 Å². The summed E-state index contributed by atoms with van der Waals surface area (Å²) in [6.45, 7) is 1.14. The maximum atomic E-state index is 12.8. The van der Waals surface area contributed by atoms with E-state index in [-0.39, 0.29) is 5.57 Å². The van der Waals surface area contributed by atoms with E-state index in [4.69, 9.17) is 9.47 Å². The molecule has 0 aliphatic rings. The molecule has 0 aromatic heterocycles. The van der Waals surface area contributed by atoms with Crippen LogP contribution in [0.25, 0.3) is 0 Å². The van der Waals surface area contributed by atoms with Crippen molar-refractivity contribution in [2.24, 2.45) is 0 Å². The van der Waals surface area contributed by atoms with E-state index >= 15 is 0 Å². The highest BCUT2D eigenvalue weighted by atomic mass is 19.1. The van der Waals surface area contributed by atoms with Crippen molar-refractivity contribution >= 4 is 5.97 Å². The maximum Gasteiger partial charge on any atom is 0.341 e. The predicted molar refractivity (Wildman–Crippen MR) is 43.6 cm³/mol. The number of methoxy groups -OCH3 is 3. The normalized spacial score (nSPS) is 12.8. The van der Waals surface area contributed by atoms with Crippen LogP contribution in [-0.4, -0.2) is 33.6 Å². The van der Waals surface area contributed by atoms with Crippen LogP contribution in [0.1, 0.15) is 6.92 Å². The van der Waals surface area contributed by atoms with Gasteiger partial charge in [0.05, 0.1) is 7.11 Å². The van der Waals surface area contributed by atoms with E-state index in [0.29, 0.717) is 0 Å². The van der Waals surface area contributed by atoms with E-state index in [0.717, 1.165) is 14.0 Å². The Hall–Kier alpha value is -0.940. The molecule has 0 heterocycles. The van der Waals surface area contributed by atoms with E-state index in [1.165, 1.54) is 14.2 Å². The van der Waals surface area contributed by atoms with Crippen LogP contribution in [0.15, 0.2) is 11.4 Å². The quantitative estimate of drug-likeness (QED) is 0.379. The van der Waals surface area contributed by atoms with Crippen LogP contribution >= 0.6 is 0 Å². The zero-order chi connectivity index (χ0) is 10.4. The van der Waals surface area contributed by atoms with Gasteiger partial charge in [-0.3, -0.25) is 0 Å². The van der Waals surface area contributed by atoms with Crippen molar-refractivity contribution in [1.29, 1.82) is 0 Å². The number of allylic oxidation sites excluding steroid dienone is 1. The van der Waals surface area contributed by atoms with Gasteiger partial charge in [0, 0.05) is 14.2 Å². The smallest absolute Gasteiger partial charge is 0.341 e. The van der Waals surface area contributed by atoms with Gasteiger partial charge >= 0.3 is 5.97 Å². The maximum absolute atomic E-state index is 12.8. The second kappa shape index (κ2) is 5.66. The molecule has 4 nitrogen and oxygen atoms in total. The van der Waals surface area contributed by atoms with Crippen LogP contribution in [0.4, 0.5) is 4.39 Å². The zero-order valence-corrected chi connectivity index (χ0v) is 8.09. The lowest BCUT2D eigenvalue weighted by Crippen LogP contribution is -2.24. The molecule has 0 aromatic rings. The average Bonchev–Trinajstić information content (AvgIpc) is 2.12. The van der Waals surface area contributed by atoms with Crippen molar-refractivity contribution in [2.45, 2.75) is 13.2 Å². The second-order valence-corrected chi connectivity index (χ2v) is 2.24. The Balaban J connectivity index is 4.82. The first-order chi connectivity index (χ1) is 6.08. The molecule has 0 atom stereocenters. The molecule has 0 saturated carbocycles. The van der Waals surface area contributed by atoms with Crippen molar-refractivity contribution in [3.63, 3.8) is 0 Å². The van der Waals surface area contributed by atoms with Crippen molar-refractivity contribution in [1.82, 2.24) is 0 Å². The summed E-state index contributed by atoms with van der Waals surface area (Å²) < 4.78 is 26.7. The van der Waals surface area contributed by atoms with E-state index in [9.17, 15) is 9.18 Å². The third-order valence-corrected chi connectivity index (χ3v) is 1.44.